The molecule has 9 nitrogen and oxygen atoms in total. The summed E-state index contributed by atoms with van der Waals surface area (Å²) in [6.07, 6.45) is 0.515. The van der Waals surface area contributed by atoms with E-state index < -0.39 is 6.10 Å². The zero-order chi connectivity index (χ0) is 22.9. The van der Waals surface area contributed by atoms with Crippen LogP contribution in [0.5, 0.6) is 0 Å². The molecule has 9 heteroatoms. The summed E-state index contributed by atoms with van der Waals surface area (Å²) in [5, 5.41) is 5.43. The molecule has 1 aromatic carbocycles. The van der Waals surface area contributed by atoms with E-state index in [1.165, 1.54) is 13.1 Å². The number of nitrogens with two attached hydrogens (primary N) is 1. The molecule has 0 radical (unpaired) electrons. The summed E-state index contributed by atoms with van der Waals surface area (Å²) in [6, 6.07) is 12.5. The zero-order valence-corrected chi connectivity index (χ0v) is 18.4. The van der Waals surface area contributed by atoms with Crippen LogP contribution in [0.3, 0.4) is 0 Å². The van der Waals surface area contributed by atoms with Gasteiger partial charge < -0.3 is 30.6 Å². The van der Waals surface area contributed by atoms with Gasteiger partial charge in [-0.3, -0.25) is 9.59 Å². The predicted octanol–water partition coefficient (Wildman–Crippen LogP) is 1.39. The second-order valence-electron chi connectivity index (χ2n) is 7.53. The second-order valence-corrected chi connectivity index (χ2v) is 7.53. The van der Waals surface area contributed by atoms with Gasteiger partial charge in [-0.1, -0.05) is 30.3 Å². The number of benzene rings is 1. The van der Waals surface area contributed by atoms with E-state index in [9.17, 15) is 9.59 Å². The number of rotatable bonds is 9. The smallest absolute Gasteiger partial charge is 0.269 e. The molecule has 2 heterocycles. The number of methoxy groups -OCH3 is 1. The number of hydrogen-bond acceptors (Lipinski definition) is 7. The van der Waals surface area contributed by atoms with Crippen molar-refractivity contribution in [1.82, 2.24) is 15.6 Å². The van der Waals surface area contributed by atoms with E-state index in [0.29, 0.717) is 43.9 Å². The van der Waals surface area contributed by atoms with Crippen molar-refractivity contribution in [2.45, 2.75) is 31.3 Å². The lowest BCUT2D eigenvalue weighted by Crippen LogP contribution is -2.41. The molecule has 172 valence electrons. The number of hydrogen-bond donors (Lipinski definition) is 3. The van der Waals surface area contributed by atoms with Gasteiger partial charge in [-0.05, 0) is 24.1 Å². The number of nitrogens with one attached hydrogen (secondary N) is 2. The topological polar surface area (TPSA) is 125 Å². The molecule has 2 aromatic rings. The van der Waals surface area contributed by atoms with Crippen molar-refractivity contribution in [1.29, 1.82) is 0 Å². The van der Waals surface area contributed by atoms with E-state index in [0.717, 1.165) is 5.56 Å². The highest BCUT2D eigenvalue weighted by Crippen LogP contribution is 2.25. The van der Waals surface area contributed by atoms with Gasteiger partial charge in [-0.15, -0.1) is 0 Å². The Labute approximate surface area is 187 Å². The van der Waals surface area contributed by atoms with Crippen LogP contribution in [-0.4, -0.2) is 63.0 Å². The first-order valence-corrected chi connectivity index (χ1v) is 10.6. The second kappa shape index (κ2) is 11.7. The molecular weight excluding hydrogens is 412 g/mol. The molecule has 32 heavy (non-hydrogen) atoms. The number of carbonyl (C=O) groups is 2. The Bertz CT molecular complexity index is 901. The van der Waals surface area contributed by atoms with Gasteiger partial charge >= 0.3 is 0 Å². The Morgan fingerprint density at radius 3 is 2.56 bits per heavy atom. The van der Waals surface area contributed by atoms with Gasteiger partial charge in [0.1, 0.15) is 11.8 Å². The fourth-order valence-corrected chi connectivity index (χ4v) is 3.41. The van der Waals surface area contributed by atoms with E-state index in [-0.39, 0.29) is 29.8 Å². The lowest BCUT2D eigenvalue weighted by atomic mass is 10.0. The Hall–Kier alpha value is -2.85. The monoisotopic (exact) mass is 442 g/mol. The van der Waals surface area contributed by atoms with Crippen LogP contribution in [0.2, 0.25) is 0 Å². The molecule has 0 aliphatic carbocycles. The lowest BCUT2D eigenvalue weighted by Gasteiger charge is -2.27. The van der Waals surface area contributed by atoms with Crippen molar-refractivity contribution >= 4 is 11.8 Å². The SMILES string of the molecule is CNC(=O)c1cc(C(=O)NCCCC2OCC(N)CO2)cc([C@H](OC)c2ccccc2)n1. The van der Waals surface area contributed by atoms with Gasteiger partial charge in [0.25, 0.3) is 11.8 Å². The van der Waals surface area contributed by atoms with E-state index in [1.54, 1.807) is 13.2 Å². The Morgan fingerprint density at radius 2 is 1.91 bits per heavy atom. The van der Waals surface area contributed by atoms with Crippen molar-refractivity contribution < 1.29 is 23.8 Å². The summed E-state index contributed by atoms with van der Waals surface area (Å²) in [5.41, 5.74) is 7.56. The Kier molecular flexibility index (Phi) is 8.69. The van der Waals surface area contributed by atoms with Crippen LogP contribution in [0.15, 0.2) is 42.5 Å². The predicted molar refractivity (Wildman–Crippen MR) is 118 cm³/mol. The number of amides is 2. The van der Waals surface area contributed by atoms with E-state index in [4.69, 9.17) is 19.9 Å². The quantitative estimate of drug-likeness (QED) is 0.501. The van der Waals surface area contributed by atoms with Gasteiger partial charge in [-0.25, -0.2) is 4.98 Å². The summed E-state index contributed by atoms with van der Waals surface area (Å²) in [4.78, 5) is 29.5. The molecule has 0 bridgehead atoms. The maximum atomic E-state index is 12.8. The minimum absolute atomic E-state index is 0.0897. The highest BCUT2D eigenvalue weighted by Gasteiger charge is 2.21. The van der Waals surface area contributed by atoms with Crippen molar-refractivity contribution in [3.05, 3.63) is 65.0 Å². The summed E-state index contributed by atoms with van der Waals surface area (Å²) in [5.74, 6) is -0.678. The molecule has 0 spiro atoms. The van der Waals surface area contributed by atoms with E-state index in [1.807, 2.05) is 30.3 Å². The van der Waals surface area contributed by atoms with Crippen molar-refractivity contribution in [3.8, 4) is 0 Å². The summed E-state index contributed by atoms with van der Waals surface area (Å²) >= 11 is 0. The molecule has 1 aliphatic heterocycles. The third kappa shape index (κ3) is 6.33. The normalized spacial score (nSPS) is 19.2. The molecule has 0 saturated carbocycles. The third-order valence-corrected chi connectivity index (χ3v) is 5.07. The van der Waals surface area contributed by atoms with Crippen LogP contribution in [0, 0.1) is 0 Å². The average molecular weight is 443 g/mol. The summed E-state index contributed by atoms with van der Waals surface area (Å²) in [6.45, 7) is 1.38. The highest BCUT2D eigenvalue weighted by molar-refractivity contribution is 5.98. The standard InChI is InChI=1S/C23H30N4O5/c1-25-23(29)19-12-16(11-18(27-19)21(30-2)15-7-4-3-5-8-15)22(28)26-10-6-9-20-31-13-17(24)14-32-20/h3-5,7-8,11-12,17,20-21H,6,9-10,13-14,24H2,1-2H3,(H,25,29)(H,26,28)/t17?,20?,21-/m1/s1. The van der Waals surface area contributed by atoms with Gasteiger partial charge in [0.05, 0.1) is 24.9 Å². The Balaban J connectivity index is 1.69. The van der Waals surface area contributed by atoms with Gasteiger partial charge in [-0.2, -0.15) is 0 Å². The fourth-order valence-electron chi connectivity index (χ4n) is 3.41. The lowest BCUT2D eigenvalue weighted by molar-refractivity contribution is -0.188. The maximum absolute atomic E-state index is 12.8. The zero-order valence-electron chi connectivity index (χ0n) is 18.4. The van der Waals surface area contributed by atoms with Crippen LogP contribution < -0.4 is 16.4 Å². The first-order valence-electron chi connectivity index (χ1n) is 10.6. The number of carbonyl (C=O) groups excluding carboxylic acids is 2. The average Bonchev–Trinajstić information content (AvgIpc) is 2.83. The molecule has 1 aromatic heterocycles. The first kappa shape index (κ1) is 23.8. The van der Waals surface area contributed by atoms with Crippen molar-refractivity contribution in [2.24, 2.45) is 5.73 Å². The largest absolute Gasteiger partial charge is 0.370 e. The van der Waals surface area contributed by atoms with Gasteiger partial charge in [0.15, 0.2) is 6.29 Å². The molecule has 1 fully saturated rings. The first-order chi connectivity index (χ1) is 15.5. The minimum Gasteiger partial charge on any atom is -0.370 e. The fraction of sp³-hybridized carbons (Fsp3) is 0.435. The minimum atomic E-state index is -0.515. The number of nitrogens with zero attached hydrogens (tertiary/aromatic N) is 1. The molecule has 1 saturated heterocycles. The van der Waals surface area contributed by atoms with Crippen LogP contribution in [0.25, 0.3) is 0 Å². The number of ether oxygens (including phenoxy) is 3. The highest BCUT2D eigenvalue weighted by atomic mass is 16.7. The van der Waals surface area contributed by atoms with Gasteiger partial charge in [0.2, 0.25) is 0 Å². The maximum Gasteiger partial charge on any atom is 0.269 e. The van der Waals surface area contributed by atoms with E-state index >= 15 is 0 Å². The number of pyridine rings is 1. The molecule has 2 amide bonds. The van der Waals surface area contributed by atoms with Crippen LogP contribution >= 0.6 is 0 Å². The van der Waals surface area contributed by atoms with Crippen molar-refractivity contribution in [3.63, 3.8) is 0 Å². The summed E-state index contributed by atoms with van der Waals surface area (Å²) < 4.78 is 16.6. The molecule has 1 aliphatic rings. The van der Waals surface area contributed by atoms with Crippen LogP contribution in [-0.2, 0) is 14.2 Å². The molecule has 1 atom stereocenters. The van der Waals surface area contributed by atoms with Gasteiger partial charge in [0, 0.05) is 32.7 Å². The van der Waals surface area contributed by atoms with Crippen LogP contribution in [0.4, 0.5) is 0 Å². The van der Waals surface area contributed by atoms with Crippen LogP contribution in [0.1, 0.15) is 51.0 Å². The summed E-state index contributed by atoms with van der Waals surface area (Å²) in [7, 11) is 3.08. The molecule has 4 N–H and O–H groups in total. The molecule has 3 rings (SSSR count). The van der Waals surface area contributed by atoms with E-state index in [2.05, 4.69) is 15.6 Å². The molecule has 0 unspecified atom stereocenters. The molecular formula is C23H30N4O5. The number of aromatic nitrogens is 1. The Morgan fingerprint density at radius 1 is 1.19 bits per heavy atom. The third-order valence-electron chi connectivity index (χ3n) is 5.07. The van der Waals surface area contributed by atoms with Crippen molar-refractivity contribution in [2.75, 3.05) is 33.9 Å².